The van der Waals surface area contributed by atoms with Crippen molar-refractivity contribution in [3.8, 4) is 5.75 Å². The zero-order valence-corrected chi connectivity index (χ0v) is 16.4. The van der Waals surface area contributed by atoms with Crippen LogP contribution in [0.25, 0.3) is 5.57 Å². The first-order valence-electron chi connectivity index (χ1n) is 8.42. The van der Waals surface area contributed by atoms with Crippen molar-refractivity contribution in [3.05, 3.63) is 81.6 Å². The number of methoxy groups -OCH3 is 1. The van der Waals surface area contributed by atoms with Crippen LogP contribution < -0.4 is 15.0 Å². The minimum atomic E-state index is -0.411. The number of nitrogens with one attached hydrogen (secondary N) is 1. The number of benzene rings is 2. The average Bonchev–Trinajstić information content (AvgIpc) is 3.30. The molecule has 0 saturated carbocycles. The van der Waals surface area contributed by atoms with E-state index in [-0.39, 0.29) is 11.6 Å². The van der Waals surface area contributed by atoms with Crippen molar-refractivity contribution in [2.24, 2.45) is 0 Å². The number of thiophene rings is 1. The van der Waals surface area contributed by atoms with Gasteiger partial charge in [-0.25, -0.2) is 4.90 Å². The van der Waals surface area contributed by atoms with E-state index in [1.807, 2.05) is 23.6 Å². The van der Waals surface area contributed by atoms with Crippen molar-refractivity contribution in [2.75, 3.05) is 17.3 Å². The van der Waals surface area contributed by atoms with Crippen molar-refractivity contribution in [2.45, 2.75) is 0 Å². The van der Waals surface area contributed by atoms with E-state index >= 15 is 0 Å². The number of rotatable bonds is 5. The second kappa shape index (κ2) is 7.50. The monoisotopic (exact) mass is 410 g/mol. The summed E-state index contributed by atoms with van der Waals surface area (Å²) in [5.74, 6) is -0.244. The van der Waals surface area contributed by atoms with Gasteiger partial charge in [-0.1, -0.05) is 35.9 Å². The summed E-state index contributed by atoms with van der Waals surface area (Å²) in [5, 5.41) is 5.36. The number of anilines is 2. The summed E-state index contributed by atoms with van der Waals surface area (Å²) in [6.07, 6.45) is 0. The average molecular weight is 411 g/mol. The quantitative estimate of drug-likeness (QED) is 0.613. The number of ether oxygens (including phenoxy) is 1. The zero-order valence-electron chi connectivity index (χ0n) is 14.8. The largest absolute Gasteiger partial charge is 0.495 e. The molecule has 140 valence electrons. The predicted octanol–water partition coefficient (Wildman–Crippen LogP) is 4.81. The van der Waals surface area contributed by atoms with Crippen LogP contribution in [0.1, 0.15) is 4.88 Å². The fourth-order valence-corrected chi connectivity index (χ4v) is 4.02. The number of hydrogen-bond acceptors (Lipinski definition) is 5. The third kappa shape index (κ3) is 3.17. The van der Waals surface area contributed by atoms with Crippen molar-refractivity contribution in [1.29, 1.82) is 0 Å². The summed E-state index contributed by atoms with van der Waals surface area (Å²) in [5.41, 5.74) is 1.68. The second-order valence-electron chi connectivity index (χ2n) is 5.98. The van der Waals surface area contributed by atoms with Crippen LogP contribution in [0.4, 0.5) is 11.4 Å². The van der Waals surface area contributed by atoms with Gasteiger partial charge >= 0.3 is 0 Å². The number of imide groups is 1. The number of carbonyl (C=O) groups excluding carboxylic acids is 2. The molecule has 1 N–H and O–H groups in total. The molecule has 0 aliphatic carbocycles. The minimum absolute atomic E-state index is 0.220. The van der Waals surface area contributed by atoms with Crippen molar-refractivity contribution in [1.82, 2.24) is 0 Å². The van der Waals surface area contributed by atoms with Crippen LogP contribution in [0.15, 0.2) is 71.7 Å². The molecular formula is C21H15ClN2O3S. The summed E-state index contributed by atoms with van der Waals surface area (Å²) < 4.78 is 5.16. The lowest BCUT2D eigenvalue weighted by Gasteiger charge is -2.15. The van der Waals surface area contributed by atoms with E-state index in [0.717, 1.165) is 4.88 Å². The normalized spacial score (nSPS) is 14.0. The Balaban J connectivity index is 1.78. The Labute approximate surface area is 170 Å². The van der Waals surface area contributed by atoms with Crippen molar-refractivity contribution in [3.63, 3.8) is 0 Å². The van der Waals surface area contributed by atoms with Gasteiger partial charge in [-0.2, -0.15) is 0 Å². The van der Waals surface area contributed by atoms with Crippen LogP contribution >= 0.6 is 22.9 Å². The smallest absolute Gasteiger partial charge is 0.282 e. The molecule has 0 unspecified atom stereocenters. The summed E-state index contributed by atoms with van der Waals surface area (Å²) in [6.45, 7) is 0. The van der Waals surface area contributed by atoms with Gasteiger partial charge in [0.25, 0.3) is 11.8 Å². The first-order chi connectivity index (χ1) is 13.6. The van der Waals surface area contributed by atoms with Gasteiger partial charge in [0.15, 0.2) is 0 Å². The minimum Gasteiger partial charge on any atom is -0.495 e. The SMILES string of the molecule is COc1ccc(NC2=C(c3cccs3)C(=O)N(c3ccccc3)C2=O)cc1Cl. The Morgan fingerprint density at radius 3 is 2.43 bits per heavy atom. The molecule has 2 amide bonds. The van der Waals surface area contributed by atoms with Gasteiger partial charge in [0.1, 0.15) is 11.4 Å². The van der Waals surface area contributed by atoms with E-state index in [4.69, 9.17) is 16.3 Å². The van der Waals surface area contributed by atoms with Gasteiger partial charge in [0.05, 0.1) is 23.4 Å². The maximum atomic E-state index is 13.2. The van der Waals surface area contributed by atoms with Crippen LogP contribution in [0.5, 0.6) is 5.75 Å². The van der Waals surface area contributed by atoms with E-state index < -0.39 is 5.91 Å². The van der Waals surface area contributed by atoms with Crippen LogP contribution in [-0.2, 0) is 9.59 Å². The Bertz CT molecular complexity index is 1080. The van der Waals surface area contributed by atoms with Gasteiger partial charge < -0.3 is 10.1 Å². The fraction of sp³-hybridized carbons (Fsp3) is 0.0476. The molecule has 1 aliphatic rings. The number of hydrogen-bond donors (Lipinski definition) is 1. The summed E-state index contributed by atoms with van der Waals surface area (Å²) >= 11 is 7.60. The molecule has 0 bridgehead atoms. The predicted molar refractivity (Wildman–Crippen MR) is 112 cm³/mol. The van der Waals surface area contributed by atoms with E-state index in [1.165, 1.54) is 23.3 Å². The van der Waals surface area contributed by atoms with E-state index in [1.54, 1.807) is 42.5 Å². The highest BCUT2D eigenvalue weighted by molar-refractivity contribution is 7.11. The van der Waals surface area contributed by atoms with Gasteiger partial charge in [-0.15, -0.1) is 11.3 Å². The number of amides is 2. The maximum absolute atomic E-state index is 13.2. The molecule has 0 fully saturated rings. The topological polar surface area (TPSA) is 58.6 Å². The molecule has 0 atom stereocenters. The van der Waals surface area contributed by atoms with E-state index in [0.29, 0.717) is 27.7 Å². The molecule has 4 rings (SSSR count). The molecule has 2 heterocycles. The van der Waals surface area contributed by atoms with Crippen LogP contribution in [0.2, 0.25) is 5.02 Å². The Morgan fingerprint density at radius 2 is 1.79 bits per heavy atom. The number of nitrogens with zero attached hydrogens (tertiary/aromatic N) is 1. The van der Waals surface area contributed by atoms with Gasteiger partial charge in [-0.3, -0.25) is 9.59 Å². The fourth-order valence-electron chi connectivity index (χ4n) is 3.00. The van der Waals surface area contributed by atoms with Crippen molar-refractivity contribution < 1.29 is 14.3 Å². The lowest BCUT2D eigenvalue weighted by molar-refractivity contribution is -0.120. The standard InChI is InChI=1S/C21H15ClN2O3S/c1-27-16-10-9-13(12-15(16)22)23-19-18(17-8-5-11-28-17)20(25)24(21(19)26)14-6-3-2-4-7-14/h2-12,23H,1H3. The van der Waals surface area contributed by atoms with Crippen LogP contribution in [-0.4, -0.2) is 18.9 Å². The second-order valence-corrected chi connectivity index (χ2v) is 7.34. The molecule has 1 aromatic heterocycles. The number of halogens is 1. The number of carbonyl (C=O) groups is 2. The molecule has 0 spiro atoms. The molecule has 0 radical (unpaired) electrons. The first kappa shape index (κ1) is 18.3. The van der Waals surface area contributed by atoms with Gasteiger partial charge in [-0.05, 0) is 41.8 Å². The van der Waals surface area contributed by atoms with E-state index in [9.17, 15) is 9.59 Å². The molecule has 28 heavy (non-hydrogen) atoms. The molecular weight excluding hydrogens is 396 g/mol. The molecule has 2 aromatic carbocycles. The molecule has 7 heteroatoms. The van der Waals surface area contributed by atoms with E-state index in [2.05, 4.69) is 5.32 Å². The highest BCUT2D eigenvalue weighted by Crippen LogP contribution is 2.36. The summed E-state index contributed by atoms with van der Waals surface area (Å²) in [4.78, 5) is 28.2. The molecule has 0 saturated heterocycles. The Morgan fingerprint density at radius 1 is 1.00 bits per heavy atom. The lowest BCUT2D eigenvalue weighted by atomic mass is 10.2. The number of para-hydroxylation sites is 1. The van der Waals surface area contributed by atoms with Crippen LogP contribution in [0, 0.1) is 0 Å². The highest BCUT2D eigenvalue weighted by atomic mass is 35.5. The van der Waals surface area contributed by atoms with Crippen molar-refractivity contribution >= 4 is 51.7 Å². The molecule has 5 nitrogen and oxygen atoms in total. The maximum Gasteiger partial charge on any atom is 0.282 e. The Kier molecular flexibility index (Phi) is 4.90. The third-order valence-electron chi connectivity index (χ3n) is 4.29. The summed E-state index contributed by atoms with van der Waals surface area (Å²) in [7, 11) is 1.53. The highest BCUT2D eigenvalue weighted by Gasteiger charge is 2.40. The molecule has 1 aliphatic heterocycles. The summed E-state index contributed by atoms with van der Waals surface area (Å²) in [6, 6.07) is 17.6. The zero-order chi connectivity index (χ0) is 19.7. The third-order valence-corrected chi connectivity index (χ3v) is 5.47. The molecule has 3 aromatic rings. The van der Waals surface area contributed by atoms with Gasteiger partial charge in [0, 0.05) is 10.6 Å². The van der Waals surface area contributed by atoms with Gasteiger partial charge in [0.2, 0.25) is 0 Å². The van der Waals surface area contributed by atoms with Crippen LogP contribution in [0.3, 0.4) is 0 Å². The lowest BCUT2D eigenvalue weighted by Crippen LogP contribution is -2.32. The Hall–Kier alpha value is -3.09. The first-order valence-corrected chi connectivity index (χ1v) is 9.68.